The van der Waals surface area contributed by atoms with Gasteiger partial charge in [-0.15, -0.1) is 0 Å². The van der Waals surface area contributed by atoms with E-state index >= 15 is 0 Å². The molecule has 15 heavy (non-hydrogen) atoms. The van der Waals surface area contributed by atoms with Gasteiger partial charge in [-0.05, 0) is 22.0 Å². The maximum absolute atomic E-state index is 4.38. The van der Waals surface area contributed by atoms with Gasteiger partial charge in [0.25, 0.3) is 0 Å². The summed E-state index contributed by atoms with van der Waals surface area (Å²) < 4.78 is 5.04. The van der Waals surface area contributed by atoms with Crippen LogP contribution in [0.5, 0.6) is 0 Å². The van der Waals surface area contributed by atoms with Crippen molar-refractivity contribution in [3.05, 3.63) is 23.2 Å². The highest BCUT2D eigenvalue weighted by molar-refractivity contribution is 9.10. The van der Waals surface area contributed by atoms with Gasteiger partial charge in [0, 0.05) is 18.6 Å². The highest BCUT2D eigenvalue weighted by Crippen LogP contribution is 2.29. The minimum atomic E-state index is 0.947. The first-order valence-corrected chi connectivity index (χ1v) is 5.38. The highest BCUT2D eigenvalue weighted by atomic mass is 79.9. The first-order valence-electron chi connectivity index (χ1n) is 4.59. The van der Waals surface area contributed by atoms with Crippen LogP contribution in [-0.2, 0) is 14.1 Å². The Kier molecular flexibility index (Phi) is 1.68. The van der Waals surface area contributed by atoms with Gasteiger partial charge >= 0.3 is 0 Å². The summed E-state index contributed by atoms with van der Waals surface area (Å²) in [6, 6.07) is 2.08. The molecule has 4 nitrogen and oxygen atoms in total. The number of rotatable bonds is 0. The van der Waals surface area contributed by atoms with E-state index in [1.807, 2.05) is 35.9 Å². The van der Waals surface area contributed by atoms with E-state index in [2.05, 4.69) is 32.0 Å². The van der Waals surface area contributed by atoms with Gasteiger partial charge in [-0.3, -0.25) is 0 Å². The average Bonchev–Trinajstić information content (AvgIpc) is 2.73. The Morgan fingerprint density at radius 1 is 1.07 bits per heavy atom. The molecule has 0 amide bonds. The van der Waals surface area contributed by atoms with Crippen molar-refractivity contribution in [2.75, 3.05) is 0 Å². The lowest BCUT2D eigenvalue weighted by atomic mass is 10.2. The molecule has 0 N–H and O–H groups in total. The van der Waals surface area contributed by atoms with Crippen LogP contribution in [0.2, 0.25) is 0 Å². The summed E-state index contributed by atoms with van der Waals surface area (Å²) in [5.41, 5.74) is 4.08. The molecule has 0 spiro atoms. The number of aryl methyl sites for hydroxylation is 2. The van der Waals surface area contributed by atoms with E-state index in [4.69, 9.17) is 0 Å². The zero-order valence-electron chi connectivity index (χ0n) is 8.40. The Labute approximate surface area is 94.7 Å². The van der Waals surface area contributed by atoms with Crippen LogP contribution in [0.15, 0.2) is 23.2 Å². The summed E-state index contributed by atoms with van der Waals surface area (Å²) in [5, 5.41) is 0. The summed E-state index contributed by atoms with van der Waals surface area (Å²) in [5.74, 6) is 0. The van der Waals surface area contributed by atoms with Gasteiger partial charge in [-0.1, -0.05) is 0 Å². The molecule has 5 heteroatoms. The summed E-state index contributed by atoms with van der Waals surface area (Å²) >= 11 is 3.56. The van der Waals surface area contributed by atoms with Crippen molar-refractivity contribution < 1.29 is 0 Å². The van der Waals surface area contributed by atoms with Crippen molar-refractivity contribution in [2.24, 2.45) is 14.1 Å². The molecule has 3 aromatic rings. The third-order valence-corrected chi connectivity index (χ3v) is 3.24. The van der Waals surface area contributed by atoms with Gasteiger partial charge < -0.3 is 9.13 Å². The second-order valence-corrected chi connectivity index (χ2v) is 4.49. The Hall–Kier alpha value is -1.36. The van der Waals surface area contributed by atoms with Crippen molar-refractivity contribution in [1.82, 2.24) is 19.1 Å². The van der Waals surface area contributed by atoms with Crippen molar-refractivity contribution in [3.63, 3.8) is 0 Å². The maximum atomic E-state index is 4.38. The van der Waals surface area contributed by atoms with E-state index in [1.165, 1.54) is 0 Å². The SMILES string of the molecule is Cn1cnc2c3ncn(C)c3c(Br)cc21. The van der Waals surface area contributed by atoms with Crippen LogP contribution < -0.4 is 0 Å². The van der Waals surface area contributed by atoms with E-state index < -0.39 is 0 Å². The fraction of sp³-hybridized carbons (Fsp3) is 0.200. The molecule has 0 radical (unpaired) electrons. The zero-order valence-corrected chi connectivity index (χ0v) is 9.98. The first kappa shape index (κ1) is 8.91. The number of hydrogen-bond acceptors (Lipinski definition) is 2. The second kappa shape index (κ2) is 2.82. The predicted molar refractivity (Wildman–Crippen MR) is 62.7 cm³/mol. The number of benzene rings is 1. The second-order valence-electron chi connectivity index (χ2n) is 3.63. The molecule has 2 aromatic heterocycles. The molecule has 0 saturated carbocycles. The summed E-state index contributed by atoms with van der Waals surface area (Å²) in [6.45, 7) is 0. The predicted octanol–water partition coefficient (Wildman–Crippen LogP) is 2.22. The van der Waals surface area contributed by atoms with E-state index in [9.17, 15) is 0 Å². The van der Waals surface area contributed by atoms with E-state index in [1.54, 1.807) is 0 Å². The largest absolute Gasteiger partial charge is 0.334 e. The molecule has 0 saturated heterocycles. The lowest BCUT2D eigenvalue weighted by Gasteiger charge is -2.00. The van der Waals surface area contributed by atoms with Gasteiger partial charge in [0.2, 0.25) is 0 Å². The summed E-state index contributed by atoms with van der Waals surface area (Å²) in [6.07, 6.45) is 3.62. The Balaban J connectivity index is 2.66. The topological polar surface area (TPSA) is 35.6 Å². The van der Waals surface area contributed by atoms with Gasteiger partial charge in [0.15, 0.2) is 0 Å². The Morgan fingerprint density at radius 3 is 2.53 bits per heavy atom. The number of hydrogen-bond donors (Lipinski definition) is 0. The van der Waals surface area contributed by atoms with Crippen molar-refractivity contribution in [1.29, 1.82) is 0 Å². The van der Waals surface area contributed by atoms with E-state index in [0.29, 0.717) is 0 Å². The van der Waals surface area contributed by atoms with Gasteiger partial charge in [-0.2, -0.15) is 0 Å². The summed E-state index contributed by atoms with van der Waals surface area (Å²) in [4.78, 5) is 8.74. The lowest BCUT2D eigenvalue weighted by molar-refractivity contribution is 0.942. The lowest BCUT2D eigenvalue weighted by Crippen LogP contribution is -1.88. The highest BCUT2D eigenvalue weighted by Gasteiger charge is 2.12. The molecule has 3 rings (SSSR count). The molecular weight excluding hydrogens is 256 g/mol. The van der Waals surface area contributed by atoms with Crippen LogP contribution in [0.25, 0.3) is 22.1 Å². The molecule has 0 aliphatic rings. The van der Waals surface area contributed by atoms with Crippen LogP contribution in [0.1, 0.15) is 0 Å². The molecule has 0 bridgehead atoms. The minimum Gasteiger partial charge on any atom is -0.334 e. The van der Waals surface area contributed by atoms with Crippen molar-refractivity contribution >= 4 is 38.0 Å². The monoisotopic (exact) mass is 264 g/mol. The number of fused-ring (bicyclic) bond motifs is 3. The molecule has 0 fully saturated rings. The average molecular weight is 265 g/mol. The minimum absolute atomic E-state index is 0.947. The van der Waals surface area contributed by atoms with Crippen molar-refractivity contribution in [2.45, 2.75) is 0 Å². The fourth-order valence-electron chi connectivity index (χ4n) is 1.87. The number of nitrogens with zero attached hydrogens (tertiary/aromatic N) is 4. The smallest absolute Gasteiger partial charge is 0.117 e. The van der Waals surface area contributed by atoms with Crippen molar-refractivity contribution in [3.8, 4) is 0 Å². The molecule has 0 atom stereocenters. The summed E-state index contributed by atoms with van der Waals surface area (Å²) in [7, 11) is 3.96. The van der Waals surface area contributed by atoms with E-state index in [0.717, 1.165) is 26.5 Å². The quantitative estimate of drug-likeness (QED) is 0.624. The van der Waals surface area contributed by atoms with E-state index in [-0.39, 0.29) is 0 Å². The van der Waals surface area contributed by atoms with Crippen LogP contribution in [0.3, 0.4) is 0 Å². The van der Waals surface area contributed by atoms with Crippen LogP contribution >= 0.6 is 15.9 Å². The third-order valence-electron chi connectivity index (χ3n) is 2.63. The van der Waals surface area contributed by atoms with Gasteiger partial charge in [-0.25, -0.2) is 9.97 Å². The third kappa shape index (κ3) is 1.07. The normalized spacial score (nSPS) is 11.7. The van der Waals surface area contributed by atoms with Crippen LogP contribution in [0, 0.1) is 0 Å². The molecule has 76 valence electrons. The maximum Gasteiger partial charge on any atom is 0.117 e. The molecule has 0 aliphatic heterocycles. The van der Waals surface area contributed by atoms with Gasteiger partial charge in [0.05, 0.1) is 23.7 Å². The van der Waals surface area contributed by atoms with Crippen LogP contribution in [0.4, 0.5) is 0 Å². The van der Waals surface area contributed by atoms with Gasteiger partial charge in [0.1, 0.15) is 11.0 Å². The number of imidazole rings is 2. The fourth-order valence-corrected chi connectivity index (χ4v) is 2.55. The standard InChI is InChI=1S/C10H9BrN4/c1-14-4-12-8-7(14)3-6(11)10-9(8)13-5-15(10)2/h3-5H,1-2H3. The molecule has 0 unspecified atom stereocenters. The Morgan fingerprint density at radius 2 is 1.73 bits per heavy atom. The number of aromatic nitrogens is 4. The number of halogens is 1. The molecule has 1 aromatic carbocycles. The molecule has 2 heterocycles. The molecular formula is C10H9BrN4. The molecule has 0 aliphatic carbocycles. The van der Waals surface area contributed by atoms with Crippen LogP contribution in [-0.4, -0.2) is 19.1 Å². The first-order chi connectivity index (χ1) is 7.18. The Bertz CT molecular complexity index is 665. The zero-order chi connectivity index (χ0) is 10.6.